The van der Waals surface area contributed by atoms with E-state index in [1.165, 1.54) is 5.56 Å². The molecule has 0 radical (unpaired) electrons. The molecule has 80 valence electrons. The molecule has 0 fully saturated rings. The van der Waals surface area contributed by atoms with Crippen LogP contribution in [0.2, 0.25) is 0 Å². The second-order valence-electron chi connectivity index (χ2n) is 3.95. The molecule has 2 heteroatoms. The number of fused-ring (bicyclic) bond motifs is 1. The monoisotopic (exact) mass is 204 g/mol. The number of aryl methyl sites for hydroxylation is 1. The van der Waals surface area contributed by atoms with Gasteiger partial charge in [-0.3, -0.25) is 4.79 Å². The lowest BCUT2D eigenvalue weighted by Gasteiger charge is -2.17. The van der Waals surface area contributed by atoms with E-state index in [2.05, 4.69) is 0 Å². The number of carbonyl (C=O) groups is 1. The summed E-state index contributed by atoms with van der Waals surface area (Å²) in [6.45, 7) is 2.83. The predicted molar refractivity (Wildman–Crippen MR) is 59.5 cm³/mol. The Balaban J connectivity index is 2.24. The fraction of sp³-hybridized carbons (Fsp3) is 0.462. The van der Waals surface area contributed by atoms with Crippen molar-refractivity contribution >= 4 is 5.78 Å². The van der Waals surface area contributed by atoms with Gasteiger partial charge >= 0.3 is 0 Å². The summed E-state index contributed by atoms with van der Waals surface area (Å²) in [6, 6.07) is 5.80. The third-order valence-electron chi connectivity index (χ3n) is 2.71. The smallest absolute Gasteiger partial charge is 0.162 e. The number of Topliss-reactive ketones (excluding diaryl/α,β-unsaturated/α-hetero) is 1. The third kappa shape index (κ3) is 2.20. The number of hydrogen-bond donors (Lipinski definition) is 0. The lowest BCUT2D eigenvalue weighted by Crippen LogP contribution is -2.09. The minimum absolute atomic E-state index is 0.242. The van der Waals surface area contributed by atoms with Gasteiger partial charge in [-0.05, 0) is 43.0 Å². The second-order valence-corrected chi connectivity index (χ2v) is 3.95. The van der Waals surface area contributed by atoms with E-state index in [9.17, 15) is 4.79 Å². The van der Waals surface area contributed by atoms with Crippen molar-refractivity contribution in [3.8, 4) is 5.75 Å². The number of carbonyl (C=O) groups excluding carboxylic acids is 1. The van der Waals surface area contributed by atoms with Crippen LogP contribution in [0.3, 0.4) is 0 Å². The summed E-state index contributed by atoms with van der Waals surface area (Å²) in [6.07, 6.45) is 3.63. The van der Waals surface area contributed by atoms with Gasteiger partial charge in [0.15, 0.2) is 5.78 Å². The highest BCUT2D eigenvalue weighted by atomic mass is 16.5. The molecule has 0 amide bonds. The lowest BCUT2D eigenvalue weighted by atomic mass is 10.00. The average molecular weight is 204 g/mol. The number of rotatable bonds is 3. The van der Waals surface area contributed by atoms with Crippen molar-refractivity contribution in [1.82, 2.24) is 0 Å². The van der Waals surface area contributed by atoms with E-state index >= 15 is 0 Å². The molecule has 1 aromatic rings. The number of ether oxygens (including phenoxy) is 1. The standard InChI is InChI=1S/C13H16O2/c1-2-4-12(14)10-6-7-13-11(9-10)5-3-8-15-13/h6-7,9H,2-5,8H2,1H3. The topological polar surface area (TPSA) is 26.3 Å². The van der Waals surface area contributed by atoms with Gasteiger partial charge in [0.25, 0.3) is 0 Å². The van der Waals surface area contributed by atoms with E-state index in [0.29, 0.717) is 6.42 Å². The molecular weight excluding hydrogens is 188 g/mol. The maximum absolute atomic E-state index is 11.7. The molecule has 1 aliphatic rings. The van der Waals surface area contributed by atoms with Crippen molar-refractivity contribution in [3.63, 3.8) is 0 Å². The maximum Gasteiger partial charge on any atom is 0.162 e. The van der Waals surface area contributed by atoms with Crippen LogP contribution < -0.4 is 4.74 Å². The van der Waals surface area contributed by atoms with Crippen LogP contribution in [0.4, 0.5) is 0 Å². The van der Waals surface area contributed by atoms with Gasteiger partial charge in [0.1, 0.15) is 5.75 Å². The zero-order valence-electron chi connectivity index (χ0n) is 9.08. The molecule has 0 bridgehead atoms. The third-order valence-corrected chi connectivity index (χ3v) is 2.71. The summed E-state index contributed by atoms with van der Waals surface area (Å²) < 4.78 is 5.51. The average Bonchev–Trinajstić information content (AvgIpc) is 2.29. The first-order chi connectivity index (χ1) is 7.31. The summed E-state index contributed by atoms with van der Waals surface area (Å²) in [5.41, 5.74) is 2.02. The van der Waals surface area contributed by atoms with Crippen LogP contribution in [0.5, 0.6) is 5.75 Å². The molecule has 0 spiro atoms. The first kappa shape index (κ1) is 10.2. The molecule has 0 saturated heterocycles. The van der Waals surface area contributed by atoms with E-state index < -0.39 is 0 Å². The van der Waals surface area contributed by atoms with E-state index in [4.69, 9.17) is 4.74 Å². The largest absolute Gasteiger partial charge is 0.493 e. The van der Waals surface area contributed by atoms with Crippen LogP contribution in [0.15, 0.2) is 18.2 Å². The quantitative estimate of drug-likeness (QED) is 0.707. The molecule has 1 heterocycles. The fourth-order valence-corrected chi connectivity index (χ4v) is 1.91. The Morgan fingerprint density at radius 3 is 3.13 bits per heavy atom. The summed E-state index contributed by atoms with van der Waals surface area (Å²) in [5.74, 6) is 1.19. The fourth-order valence-electron chi connectivity index (χ4n) is 1.91. The van der Waals surface area contributed by atoms with Gasteiger partial charge in [-0.2, -0.15) is 0 Å². The van der Waals surface area contributed by atoms with Crippen LogP contribution >= 0.6 is 0 Å². The molecule has 1 aromatic carbocycles. The van der Waals surface area contributed by atoms with Gasteiger partial charge < -0.3 is 4.74 Å². The number of hydrogen-bond acceptors (Lipinski definition) is 2. The lowest BCUT2D eigenvalue weighted by molar-refractivity contribution is 0.0981. The molecule has 0 aromatic heterocycles. The minimum atomic E-state index is 0.242. The zero-order chi connectivity index (χ0) is 10.7. The summed E-state index contributed by atoms with van der Waals surface area (Å²) in [4.78, 5) is 11.7. The molecule has 0 atom stereocenters. The Labute approximate surface area is 90.3 Å². The van der Waals surface area contributed by atoms with Crippen molar-refractivity contribution in [3.05, 3.63) is 29.3 Å². The minimum Gasteiger partial charge on any atom is -0.493 e. The van der Waals surface area contributed by atoms with Crippen LogP contribution in [0.1, 0.15) is 42.1 Å². The highest BCUT2D eigenvalue weighted by Crippen LogP contribution is 2.26. The van der Waals surface area contributed by atoms with Crippen LogP contribution in [0.25, 0.3) is 0 Å². The first-order valence-corrected chi connectivity index (χ1v) is 5.60. The first-order valence-electron chi connectivity index (χ1n) is 5.60. The summed E-state index contributed by atoms with van der Waals surface area (Å²) in [7, 11) is 0. The Kier molecular flexibility index (Phi) is 3.05. The van der Waals surface area contributed by atoms with Crippen LogP contribution in [0, 0.1) is 0 Å². The van der Waals surface area contributed by atoms with Crippen LogP contribution in [-0.2, 0) is 6.42 Å². The van der Waals surface area contributed by atoms with Gasteiger partial charge in [-0.15, -0.1) is 0 Å². The van der Waals surface area contributed by atoms with E-state index in [-0.39, 0.29) is 5.78 Å². The molecule has 0 N–H and O–H groups in total. The van der Waals surface area contributed by atoms with E-state index in [1.807, 2.05) is 25.1 Å². The van der Waals surface area contributed by atoms with Crippen molar-refractivity contribution in [2.24, 2.45) is 0 Å². The summed E-state index contributed by atoms with van der Waals surface area (Å²) >= 11 is 0. The Morgan fingerprint density at radius 1 is 1.47 bits per heavy atom. The Hall–Kier alpha value is -1.31. The Bertz CT molecular complexity index is 369. The van der Waals surface area contributed by atoms with Gasteiger partial charge in [0, 0.05) is 12.0 Å². The SMILES string of the molecule is CCCC(=O)c1ccc2c(c1)CCCO2. The zero-order valence-corrected chi connectivity index (χ0v) is 9.08. The second kappa shape index (κ2) is 4.47. The highest BCUT2D eigenvalue weighted by Gasteiger charge is 2.12. The van der Waals surface area contributed by atoms with Crippen molar-refractivity contribution < 1.29 is 9.53 Å². The van der Waals surface area contributed by atoms with Crippen LogP contribution in [-0.4, -0.2) is 12.4 Å². The maximum atomic E-state index is 11.7. The molecule has 0 unspecified atom stereocenters. The van der Waals surface area contributed by atoms with Crippen molar-refractivity contribution in [2.75, 3.05) is 6.61 Å². The molecular formula is C13H16O2. The number of ketones is 1. The predicted octanol–water partition coefficient (Wildman–Crippen LogP) is 2.99. The molecule has 0 saturated carbocycles. The molecule has 2 nitrogen and oxygen atoms in total. The molecule has 0 aliphatic carbocycles. The normalized spacial score (nSPS) is 14.2. The number of benzene rings is 1. The van der Waals surface area contributed by atoms with Gasteiger partial charge in [0.05, 0.1) is 6.61 Å². The molecule has 15 heavy (non-hydrogen) atoms. The molecule has 1 aliphatic heterocycles. The summed E-state index contributed by atoms with van der Waals surface area (Å²) in [5, 5.41) is 0. The van der Waals surface area contributed by atoms with Gasteiger partial charge in [-0.25, -0.2) is 0 Å². The van der Waals surface area contributed by atoms with Gasteiger partial charge in [0.2, 0.25) is 0 Å². The van der Waals surface area contributed by atoms with E-state index in [0.717, 1.165) is 37.2 Å². The van der Waals surface area contributed by atoms with Crippen molar-refractivity contribution in [2.45, 2.75) is 32.6 Å². The molecule has 2 rings (SSSR count). The van der Waals surface area contributed by atoms with E-state index in [1.54, 1.807) is 0 Å². The Morgan fingerprint density at radius 2 is 2.33 bits per heavy atom. The van der Waals surface area contributed by atoms with Crippen molar-refractivity contribution in [1.29, 1.82) is 0 Å². The highest BCUT2D eigenvalue weighted by molar-refractivity contribution is 5.96. The van der Waals surface area contributed by atoms with Gasteiger partial charge in [-0.1, -0.05) is 6.92 Å².